The molecule has 134 valence electrons. The Balaban J connectivity index is 1.56. The molecule has 0 spiro atoms. The molecule has 1 aliphatic rings. The Bertz CT molecular complexity index is 910. The number of hydrogen-bond donors (Lipinski definition) is 1. The average Bonchev–Trinajstić information content (AvgIpc) is 2.87. The molecule has 7 nitrogen and oxygen atoms in total. The summed E-state index contributed by atoms with van der Waals surface area (Å²) in [5.74, 6) is 1.97. The molecule has 1 aliphatic heterocycles. The molecule has 4 rings (SSSR count). The Morgan fingerprint density at radius 2 is 1.96 bits per heavy atom. The van der Waals surface area contributed by atoms with Crippen molar-refractivity contribution in [2.24, 2.45) is 0 Å². The largest absolute Gasteiger partial charge is 0.490 e. The highest BCUT2D eigenvalue weighted by molar-refractivity contribution is 7.22. The maximum atomic E-state index is 12.4. The molecule has 0 aliphatic carbocycles. The summed E-state index contributed by atoms with van der Waals surface area (Å²) >= 11 is 1.40. The highest BCUT2D eigenvalue weighted by Gasteiger charge is 2.16. The number of amides is 1. The smallest absolute Gasteiger partial charge is 0.259 e. The summed E-state index contributed by atoms with van der Waals surface area (Å²) < 4.78 is 12.3. The number of pyridine rings is 1. The van der Waals surface area contributed by atoms with E-state index in [9.17, 15) is 4.79 Å². The van der Waals surface area contributed by atoms with Gasteiger partial charge in [0.15, 0.2) is 16.6 Å². The van der Waals surface area contributed by atoms with Gasteiger partial charge in [-0.3, -0.25) is 10.1 Å². The van der Waals surface area contributed by atoms with Gasteiger partial charge in [0.25, 0.3) is 5.91 Å². The number of carbonyl (C=O) groups excluding carboxylic acids is 1. The third-order valence-corrected chi connectivity index (χ3v) is 4.88. The zero-order valence-corrected chi connectivity index (χ0v) is 15.3. The molecule has 2 aromatic heterocycles. The average molecular weight is 370 g/mol. The Morgan fingerprint density at radius 1 is 1.19 bits per heavy atom. The van der Waals surface area contributed by atoms with E-state index in [1.807, 2.05) is 31.1 Å². The third kappa shape index (κ3) is 3.28. The topological polar surface area (TPSA) is 76.6 Å². The monoisotopic (exact) mass is 370 g/mol. The van der Waals surface area contributed by atoms with Crippen molar-refractivity contribution in [1.82, 2.24) is 9.97 Å². The fourth-order valence-electron chi connectivity index (χ4n) is 2.59. The van der Waals surface area contributed by atoms with Crippen LogP contribution in [0, 0.1) is 0 Å². The predicted octanol–water partition coefficient (Wildman–Crippen LogP) is 3.17. The van der Waals surface area contributed by atoms with Crippen molar-refractivity contribution in [3.05, 3.63) is 36.0 Å². The Labute approximate surface area is 154 Å². The van der Waals surface area contributed by atoms with Crippen LogP contribution in [0.1, 0.15) is 16.8 Å². The number of anilines is 2. The van der Waals surface area contributed by atoms with Gasteiger partial charge in [0.05, 0.1) is 29.0 Å². The van der Waals surface area contributed by atoms with Gasteiger partial charge >= 0.3 is 0 Å². The van der Waals surface area contributed by atoms with Crippen molar-refractivity contribution in [1.29, 1.82) is 0 Å². The first kappa shape index (κ1) is 16.6. The van der Waals surface area contributed by atoms with Crippen LogP contribution < -0.4 is 19.7 Å². The van der Waals surface area contributed by atoms with Crippen LogP contribution in [0.2, 0.25) is 0 Å². The Morgan fingerprint density at radius 3 is 2.65 bits per heavy atom. The molecule has 8 heteroatoms. The van der Waals surface area contributed by atoms with Crippen molar-refractivity contribution in [2.45, 2.75) is 6.42 Å². The summed E-state index contributed by atoms with van der Waals surface area (Å²) in [6.07, 6.45) is 2.42. The molecule has 1 aromatic carbocycles. The number of hydrogen-bond acceptors (Lipinski definition) is 7. The molecule has 0 atom stereocenters. The van der Waals surface area contributed by atoms with Crippen LogP contribution >= 0.6 is 11.3 Å². The van der Waals surface area contributed by atoms with E-state index >= 15 is 0 Å². The summed E-state index contributed by atoms with van der Waals surface area (Å²) in [5.41, 5.74) is 1.26. The second kappa shape index (κ2) is 6.80. The molecule has 0 bridgehead atoms. The van der Waals surface area contributed by atoms with E-state index in [0.717, 1.165) is 28.2 Å². The quantitative estimate of drug-likeness (QED) is 0.763. The lowest BCUT2D eigenvalue weighted by atomic mass is 10.2. The van der Waals surface area contributed by atoms with Gasteiger partial charge in [0.2, 0.25) is 0 Å². The SMILES string of the molecule is CN(C)c1ccc(C(=O)Nc2nc3cc4c(cc3s2)OCCCO4)cn1. The molecule has 0 saturated carbocycles. The van der Waals surface area contributed by atoms with Gasteiger partial charge in [0.1, 0.15) is 5.82 Å². The summed E-state index contributed by atoms with van der Waals surface area (Å²) in [6.45, 7) is 1.26. The molecule has 0 unspecified atom stereocenters. The number of thiazole rings is 1. The number of fused-ring (bicyclic) bond motifs is 2. The van der Waals surface area contributed by atoms with Crippen molar-refractivity contribution in [3.63, 3.8) is 0 Å². The van der Waals surface area contributed by atoms with Gasteiger partial charge in [-0.05, 0) is 12.1 Å². The number of carbonyl (C=O) groups is 1. The summed E-state index contributed by atoms with van der Waals surface area (Å²) in [5, 5.41) is 3.36. The van der Waals surface area contributed by atoms with Crippen LogP contribution in [0.4, 0.5) is 10.9 Å². The minimum atomic E-state index is -0.240. The van der Waals surface area contributed by atoms with Gasteiger partial charge in [-0.15, -0.1) is 0 Å². The summed E-state index contributed by atoms with van der Waals surface area (Å²) in [6, 6.07) is 7.32. The van der Waals surface area contributed by atoms with Crippen molar-refractivity contribution in [2.75, 3.05) is 37.5 Å². The molecule has 3 heterocycles. The number of aromatic nitrogens is 2. The van der Waals surface area contributed by atoms with Gasteiger partial charge < -0.3 is 14.4 Å². The van der Waals surface area contributed by atoms with E-state index in [2.05, 4.69) is 15.3 Å². The van der Waals surface area contributed by atoms with Gasteiger partial charge in [-0.1, -0.05) is 11.3 Å². The van der Waals surface area contributed by atoms with Gasteiger partial charge in [0, 0.05) is 38.8 Å². The van der Waals surface area contributed by atoms with Crippen LogP contribution in [-0.2, 0) is 0 Å². The number of rotatable bonds is 3. The van der Waals surface area contributed by atoms with Crippen molar-refractivity contribution in [3.8, 4) is 11.5 Å². The zero-order chi connectivity index (χ0) is 18.1. The molecular formula is C18H18N4O3S. The summed E-state index contributed by atoms with van der Waals surface area (Å²) in [7, 11) is 3.80. The highest BCUT2D eigenvalue weighted by Crippen LogP contribution is 2.37. The summed E-state index contributed by atoms with van der Waals surface area (Å²) in [4.78, 5) is 23.0. The van der Waals surface area contributed by atoms with E-state index in [0.29, 0.717) is 29.7 Å². The molecule has 26 heavy (non-hydrogen) atoms. The van der Waals surface area contributed by atoms with Crippen LogP contribution in [0.25, 0.3) is 10.2 Å². The second-order valence-corrected chi connectivity index (χ2v) is 7.12. The molecule has 1 amide bonds. The molecule has 0 fully saturated rings. The zero-order valence-electron chi connectivity index (χ0n) is 14.5. The van der Waals surface area contributed by atoms with Crippen molar-refractivity contribution < 1.29 is 14.3 Å². The van der Waals surface area contributed by atoms with Crippen molar-refractivity contribution >= 4 is 38.4 Å². The van der Waals surface area contributed by atoms with Gasteiger partial charge in [-0.2, -0.15) is 0 Å². The van der Waals surface area contributed by atoms with E-state index in [-0.39, 0.29) is 5.91 Å². The molecule has 3 aromatic rings. The van der Waals surface area contributed by atoms with E-state index in [4.69, 9.17) is 9.47 Å². The second-order valence-electron chi connectivity index (χ2n) is 6.09. The minimum Gasteiger partial charge on any atom is -0.490 e. The number of benzene rings is 1. The lowest BCUT2D eigenvalue weighted by Crippen LogP contribution is -2.14. The fourth-order valence-corrected chi connectivity index (χ4v) is 3.46. The number of ether oxygens (including phenoxy) is 2. The third-order valence-electron chi connectivity index (χ3n) is 3.95. The van der Waals surface area contributed by atoms with Gasteiger partial charge in [-0.25, -0.2) is 9.97 Å². The number of nitrogens with zero attached hydrogens (tertiary/aromatic N) is 3. The Kier molecular flexibility index (Phi) is 4.34. The van der Waals surface area contributed by atoms with Crippen LogP contribution in [0.5, 0.6) is 11.5 Å². The fraction of sp³-hybridized carbons (Fsp3) is 0.278. The standard InChI is InChI=1S/C18H18N4O3S/c1-22(2)16-5-4-11(10-19-16)17(23)21-18-20-12-8-13-14(9-15(12)26-18)25-7-3-6-24-13/h4-5,8-10H,3,6-7H2,1-2H3,(H,20,21,23). The molecule has 0 radical (unpaired) electrons. The first-order valence-electron chi connectivity index (χ1n) is 8.25. The van der Waals surface area contributed by atoms with E-state index < -0.39 is 0 Å². The maximum Gasteiger partial charge on any atom is 0.259 e. The highest BCUT2D eigenvalue weighted by atomic mass is 32.1. The van der Waals surface area contributed by atoms with Crippen LogP contribution in [-0.4, -0.2) is 43.2 Å². The predicted molar refractivity (Wildman–Crippen MR) is 102 cm³/mol. The number of nitrogens with one attached hydrogen (secondary N) is 1. The van der Waals surface area contributed by atoms with Crippen LogP contribution in [0.3, 0.4) is 0 Å². The first-order chi connectivity index (χ1) is 12.6. The molecule has 0 saturated heterocycles. The molecular weight excluding hydrogens is 352 g/mol. The lowest BCUT2D eigenvalue weighted by molar-refractivity contribution is 0.102. The first-order valence-corrected chi connectivity index (χ1v) is 9.07. The maximum absolute atomic E-state index is 12.4. The normalized spacial score (nSPS) is 13.3. The van der Waals surface area contributed by atoms with E-state index in [1.54, 1.807) is 18.3 Å². The molecule has 1 N–H and O–H groups in total. The van der Waals surface area contributed by atoms with E-state index in [1.165, 1.54) is 11.3 Å². The Hall–Kier alpha value is -2.87. The lowest BCUT2D eigenvalue weighted by Gasteiger charge is -2.10. The van der Waals surface area contributed by atoms with Crippen LogP contribution in [0.15, 0.2) is 30.5 Å². The minimum absolute atomic E-state index is 0.240.